The van der Waals surface area contributed by atoms with Crippen molar-refractivity contribution in [3.05, 3.63) is 59.2 Å². The molecule has 3 aromatic rings. The van der Waals surface area contributed by atoms with Gasteiger partial charge in [0.2, 0.25) is 5.13 Å². The molecular weight excluding hydrogens is 330 g/mol. The Bertz CT molecular complexity index is 866. The van der Waals surface area contributed by atoms with E-state index in [0.29, 0.717) is 17.0 Å². The first-order valence-electron chi connectivity index (χ1n) is 8.48. The second-order valence-corrected chi connectivity index (χ2v) is 7.71. The van der Waals surface area contributed by atoms with E-state index in [1.807, 2.05) is 24.3 Å². The van der Waals surface area contributed by atoms with Crippen molar-refractivity contribution in [2.75, 3.05) is 5.17 Å². The summed E-state index contributed by atoms with van der Waals surface area (Å²) in [6.45, 7) is 8.66. The van der Waals surface area contributed by atoms with Crippen molar-refractivity contribution in [3.63, 3.8) is 0 Å². The molecule has 4 nitrogen and oxygen atoms in total. The molecular formula is C20H23N3OS. The molecule has 1 aromatic heterocycles. The highest BCUT2D eigenvalue weighted by Gasteiger charge is 2.11. The van der Waals surface area contributed by atoms with Gasteiger partial charge in [0.1, 0.15) is 0 Å². The SMILES string of the molecule is CC(C)c1ccc(C(C)C)c(/C=N/N(O)c2nc3ccccc3s2)c1. The van der Waals surface area contributed by atoms with Crippen LogP contribution in [0.2, 0.25) is 0 Å². The summed E-state index contributed by atoms with van der Waals surface area (Å²) in [5.74, 6) is 0.833. The van der Waals surface area contributed by atoms with Gasteiger partial charge in [0.15, 0.2) is 0 Å². The van der Waals surface area contributed by atoms with Gasteiger partial charge in [0.25, 0.3) is 0 Å². The van der Waals surface area contributed by atoms with Gasteiger partial charge in [0.05, 0.1) is 16.4 Å². The minimum atomic E-state index is 0.386. The molecule has 0 amide bonds. The molecule has 1 N–H and O–H groups in total. The number of hydrogen-bond donors (Lipinski definition) is 1. The quantitative estimate of drug-likeness (QED) is 0.468. The summed E-state index contributed by atoms with van der Waals surface area (Å²) in [7, 11) is 0. The Morgan fingerprint density at radius 2 is 1.84 bits per heavy atom. The van der Waals surface area contributed by atoms with Crippen LogP contribution in [0.3, 0.4) is 0 Å². The van der Waals surface area contributed by atoms with E-state index in [2.05, 4.69) is 56.0 Å². The van der Waals surface area contributed by atoms with Crippen molar-refractivity contribution in [1.29, 1.82) is 0 Å². The van der Waals surface area contributed by atoms with Crippen molar-refractivity contribution in [2.24, 2.45) is 5.10 Å². The fourth-order valence-corrected chi connectivity index (χ4v) is 3.54. The predicted octanol–water partition coefficient (Wildman–Crippen LogP) is 5.77. The van der Waals surface area contributed by atoms with E-state index in [1.54, 1.807) is 6.21 Å². The van der Waals surface area contributed by atoms with Crippen LogP contribution in [0.25, 0.3) is 10.2 Å². The summed E-state index contributed by atoms with van der Waals surface area (Å²) in [4.78, 5) is 4.41. The normalized spacial score (nSPS) is 12.0. The summed E-state index contributed by atoms with van der Waals surface area (Å²) >= 11 is 1.41. The molecule has 25 heavy (non-hydrogen) atoms. The molecule has 0 bridgehead atoms. The zero-order valence-corrected chi connectivity index (χ0v) is 15.8. The fourth-order valence-electron chi connectivity index (χ4n) is 2.70. The van der Waals surface area contributed by atoms with Crippen LogP contribution in [0.4, 0.5) is 5.13 Å². The van der Waals surface area contributed by atoms with Gasteiger partial charge in [0, 0.05) is 0 Å². The van der Waals surface area contributed by atoms with Crippen LogP contribution >= 0.6 is 11.3 Å². The Morgan fingerprint density at radius 3 is 2.52 bits per heavy atom. The lowest BCUT2D eigenvalue weighted by Crippen LogP contribution is -2.10. The Morgan fingerprint density at radius 1 is 1.08 bits per heavy atom. The van der Waals surface area contributed by atoms with Crippen molar-refractivity contribution in [1.82, 2.24) is 4.98 Å². The molecule has 3 rings (SSSR count). The maximum Gasteiger partial charge on any atom is 0.235 e. The monoisotopic (exact) mass is 353 g/mol. The minimum Gasteiger partial charge on any atom is -0.265 e. The number of anilines is 1. The number of aromatic nitrogens is 1. The second-order valence-electron chi connectivity index (χ2n) is 6.70. The molecule has 2 aromatic carbocycles. The van der Waals surface area contributed by atoms with E-state index >= 15 is 0 Å². The van der Waals surface area contributed by atoms with Gasteiger partial charge < -0.3 is 0 Å². The lowest BCUT2D eigenvalue weighted by Gasteiger charge is -2.14. The standard InChI is InChI=1S/C20H23N3OS/c1-13(2)15-9-10-17(14(3)4)16(11-15)12-21-23(24)20-22-18-7-5-6-8-19(18)25-20/h5-14,24H,1-4H3/b21-12+. The summed E-state index contributed by atoms with van der Waals surface area (Å²) in [5, 5.41) is 15.8. The van der Waals surface area contributed by atoms with Crippen molar-refractivity contribution >= 4 is 32.9 Å². The number of nitrogens with zero attached hydrogens (tertiary/aromatic N) is 3. The van der Waals surface area contributed by atoms with Gasteiger partial charge in [-0.1, -0.05) is 63.3 Å². The molecule has 0 fully saturated rings. The Labute approximate surface area is 152 Å². The predicted molar refractivity (Wildman–Crippen MR) is 106 cm³/mol. The highest BCUT2D eigenvalue weighted by Crippen LogP contribution is 2.28. The average molecular weight is 353 g/mol. The van der Waals surface area contributed by atoms with Gasteiger partial charge in [-0.15, -0.1) is 5.17 Å². The first kappa shape index (κ1) is 17.6. The molecule has 0 saturated carbocycles. The second kappa shape index (κ2) is 7.33. The number of hydrogen-bond acceptors (Lipinski definition) is 5. The van der Waals surface area contributed by atoms with E-state index in [1.165, 1.54) is 22.5 Å². The van der Waals surface area contributed by atoms with Crippen LogP contribution in [-0.2, 0) is 0 Å². The molecule has 0 saturated heterocycles. The lowest BCUT2D eigenvalue weighted by molar-refractivity contribution is 0.260. The molecule has 0 unspecified atom stereocenters. The Kier molecular flexibility index (Phi) is 5.16. The third kappa shape index (κ3) is 3.89. The van der Waals surface area contributed by atoms with Crippen molar-refractivity contribution < 1.29 is 5.21 Å². The van der Waals surface area contributed by atoms with Gasteiger partial charge in [-0.25, -0.2) is 4.98 Å². The number of hydrazone groups is 1. The Balaban J connectivity index is 1.90. The smallest absolute Gasteiger partial charge is 0.235 e. The Hall–Kier alpha value is -2.24. The highest BCUT2D eigenvalue weighted by atomic mass is 32.1. The number of benzene rings is 2. The highest BCUT2D eigenvalue weighted by molar-refractivity contribution is 7.22. The molecule has 0 aliphatic rings. The number of thiazole rings is 1. The maximum atomic E-state index is 10.3. The first-order chi connectivity index (χ1) is 12.0. The van der Waals surface area contributed by atoms with E-state index in [9.17, 15) is 5.21 Å². The fraction of sp³-hybridized carbons (Fsp3) is 0.300. The van der Waals surface area contributed by atoms with Crippen molar-refractivity contribution in [2.45, 2.75) is 39.5 Å². The average Bonchev–Trinajstić information content (AvgIpc) is 3.03. The molecule has 0 atom stereocenters. The molecule has 0 aliphatic heterocycles. The lowest BCUT2D eigenvalue weighted by atomic mass is 9.92. The van der Waals surface area contributed by atoms with Crippen LogP contribution < -0.4 is 5.17 Å². The van der Waals surface area contributed by atoms with Gasteiger partial charge >= 0.3 is 0 Å². The molecule has 5 heteroatoms. The summed E-state index contributed by atoms with van der Waals surface area (Å²) in [6.07, 6.45) is 1.72. The van der Waals surface area contributed by atoms with E-state index in [0.717, 1.165) is 21.0 Å². The third-order valence-corrected chi connectivity index (χ3v) is 5.16. The summed E-state index contributed by atoms with van der Waals surface area (Å²) in [5.41, 5.74) is 4.36. The molecule has 0 spiro atoms. The summed E-state index contributed by atoms with van der Waals surface area (Å²) < 4.78 is 1.02. The van der Waals surface area contributed by atoms with Crippen LogP contribution in [0.1, 0.15) is 56.2 Å². The van der Waals surface area contributed by atoms with Crippen LogP contribution in [0.5, 0.6) is 0 Å². The maximum absolute atomic E-state index is 10.3. The van der Waals surface area contributed by atoms with Crippen LogP contribution in [0.15, 0.2) is 47.6 Å². The molecule has 130 valence electrons. The molecule has 0 aliphatic carbocycles. The first-order valence-corrected chi connectivity index (χ1v) is 9.29. The van der Waals surface area contributed by atoms with Gasteiger partial charge in [-0.2, -0.15) is 5.10 Å². The largest absolute Gasteiger partial charge is 0.265 e. The summed E-state index contributed by atoms with van der Waals surface area (Å²) in [6, 6.07) is 14.3. The van der Waals surface area contributed by atoms with Crippen molar-refractivity contribution in [3.8, 4) is 0 Å². The van der Waals surface area contributed by atoms with Crippen LogP contribution in [0, 0.1) is 0 Å². The number of rotatable bonds is 5. The van der Waals surface area contributed by atoms with E-state index < -0.39 is 0 Å². The number of para-hydroxylation sites is 1. The minimum absolute atomic E-state index is 0.386. The van der Waals surface area contributed by atoms with E-state index in [-0.39, 0.29) is 0 Å². The van der Waals surface area contributed by atoms with E-state index in [4.69, 9.17) is 0 Å². The molecule has 1 heterocycles. The van der Waals surface area contributed by atoms with Crippen LogP contribution in [-0.4, -0.2) is 16.4 Å². The zero-order chi connectivity index (χ0) is 18.0. The topological polar surface area (TPSA) is 48.7 Å². The molecule has 0 radical (unpaired) electrons. The van der Waals surface area contributed by atoms with Gasteiger partial charge in [-0.05, 0) is 46.7 Å². The van der Waals surface area contributed by atoms with Gasteiger partial charge in [-0.3, -0.25) is 5.21 Å². The zero-order valence-electron chi connectivity index (χ0n) is 15.0. The number of fused-ring (bicyclic) bond motifs is 1. The third-order valence-electron chi connectivity index (χ3n) is 4.16.